The summed E-state index contributed by atoms with van der Waals surface area (Å²) in [6, 6.07) is 19.6. The Morgan fingerprint density at radius 1 is 1.12 bits per heavy atom. The second-order valence-corrected chi connectivity index (χ2v) is 9.27. The highest BCUT2D eigenvalue weighted by Gasteiger charge is 2.62. The first-order valence-electron chi connectivity index (χ1n) is 11.4. The van der Waals surface area contributed by atoms with Crippen LogP contribution in [0.5, 0.6) is 11.5 Å². The molecule has 5 rings (SSSR count). The van der Waals surface area contributed by atoms with Crippen LogP contribution in [-0.2, 0) is 16.6 Å². The van der Waals surface area contributed by atoms with Gasteiger partial charge in [0.1, 0.15) is 28.3 Å². The number of amides is 1. The van der Waals surface area contributed by atoms with E-state index in [1.807, 2.05) is 63.2 Å². The molecule has 6 heteroatoms. The van der Waals surface area contributed by atoms with Gasteiger partial charge in [0.15, 0.2) is 0 Å². The Balaban J connectivity index is 1.77. The molecular weight excluding hydrogens is 431 g/mol. The lowest BCUT2D eigenvalue weighted by molar-refractivity contribution is -0.126. The van der Waals surface area contributed by atoms with Crippen molar-refractivity contribution in [3.8, 4) is 17.6 Å². The molecule has 2 unspecified atom stereocenters. The monoisotopic (exact) mass is 456 g/mol. The number of hydrogen-bond donors (Lipinski definition) is 1. The van der Waals surface area contributed by atoms with Gasteiger partial charge in [-0.2, -0.15) is 5.26 Å². The van der Waals surface area contributed by atoms with Crippen LogP contribution in [0.4, 0.5) is 10.1 Å². The van der Waals surface area contributed by atoms with E-state index in [2.05, 4.69) is 11.4 Å². The molecule has 0 radical (unpaired) electrons. The van der Waals surface area contributed by atoms with Gasteiger partial charge in [-0.15, -0.1) is 0 Å². The number of rotatable bonds is 4. The predicted octanol–water partition coefficient (Wildman–Crippen LogP) is 5.36. The number of fused-ring (bicyclic) bond motifs is 4. The van der Waals surface area contributed by atoms with Crippen molar-refractivity contribution in [2.75, 3.05) is 11.9 Å². The molecule has 2 aliphatic heterocycles. The Hall–Kier alpha value is -3.85. The molecule has 2 aliphatic rings. The van der Waals surface area contributed by atoms with E-state index in [0.29, 0.717) is 30.1 Å². The van der Waals surface area contributed by atoms with Crippen molar-refractivity contribution in [1.82, 2.24) is 0 Å². The molecule has 2 heterocycles. The van der Waals surface area contributed by atoms with Gasteiger partial charge in [-0.1, -0.05) is 30.3 Å². The van der Waals surface area contributed by atoms with E-state index >= 15 is 0 Å². The maximum Gasteiger partial charge on any atom is 0.240 e. The van der Waals surface area contributed by atoms with Crippen molar-refractivity contribution in [1.29, 1.82) is 5.26 Å². The average Bonchev–Trinajstić information content (AvgIpc) is 3.09. The van der Waals surface area contributed by atoms with Crippen LogP contribution in [0.25, 0.3) is 0 Å². The summed E-state index contributed by atoms with van der Waals surface area (Å²) < 4.78 is 26.1. The molecule has 0 aromatic heterocycles. The zero-order valence-electron chi connectivity index (χ0n) is 19.3. The fourth-order valence-corrected chi connectivity index (χ4v) is 5.58. The molecule has 5 nitrogen and oxygen atoms in total. The van der Waals surface area contributed by atoms with Crippen molar-refractivity contribution < 1.29 is 18.7 Å². The minimum atomic E-state index is -1.06. The van der Waals surface area contributed by atoms with Crippen LogP contribution in [0, 0.1) is 23.1 Å². The van der Waals surface area contributed by atoms with Crippen LogP contribution in [0.2, 0.25) is 0 Å². The lowest BCUT2D eigenvalue weighted by Crippen LogP contribution is -2.58. The molecule has 34 heavy (non-hydrogen) atoms. The van der Waals surface area contributed by atoms with Crippen molar-refractivity contribution in [3.63, 3.8) is 0 Å². The second kappa shape index (κ2) is 7.88. The van der Waals surface area contributed by atoms with Crippen LogP contribution in [0.3, 0.4) is 0 Å². The van der Waals surface area contributed by atoms with Gasteiger partial charge in [-0.05, 0) is 62.6 Å². The number of carbonyl (C=O) groups excluding carboxylic acids is 1. The lowest BCUT2D eigenvalue weighted by atomic mass is 9.58. The molecule has 2 atom stereocenters. The molecule has 1 N–H and O–H groups in total. The third kappa shape index (κ3) is 3.15. The number of benzene rings is 3. The highest BCUT2D eigenvalue weighted by Crippen LogP contribution is 2.58. The maximum atomic E-state index is 14.0. The van der Waals surface area contributed by atoms with E-state index in [4.69, 9.17) is 9.47 Å². The summed E-state index contributed by atoms with van der Waals surface area (Å²) >= 11 is 0. The topological polar surface area (TPSA) is 71.3 Å². The molecule has 0 fully saturated rings. The third-order valence-electron chi connectivity index (χ3n) is 7.00. The van der Waals surface area contributed by atoms with E-state index < -0.39 is 16.8 Å². The minimum absolute atomic E-state index is 0.138. The predicted molar refractivity (Wildman–Crippen MR) is 126 cm³/mol. The Morgan fingerprint density at radius 2 is 1.91 bits per heavy atom. The van der Waals surface area contributed by atoms with E-state index in [-0.39, 0.29) is 17.4 Å². The first-order valence-corrected chi connectivity index (χ1v) is 11.4. The van der Waals surface area contributed by atoms with Crippen LogP contribution in [0.15, 0.2) is 60.7 Å². The quantitative estimate of drug-likeness (QED) is 0.573. The fraction of sp³-hybridized carbons (Fsp3) is 0.286. The maximum absolute atomic E-state index is 14.0. The number of para-hydroxylation sites is 1. The van der Waals surface area contributed by atoms with Gasteiger partial charge < -0.3 is 14.8 Å². The van der Waals surface area contributed by atoms with Gasteiger partial charge in [-0.25, -0.2) is 4.39 Å². The molecule has 3 aromatic rings. The first-order chi connectivity index (χ1) is 16.3. The van der Waals surface area contributed by atoms with E-state index in [1.54, 1.807) is 6.07 Å². The largest absolute Gasteiger partial charge is 0.494 e. The SMILES string of the molecule is CCOc1ccc2c(c1)OC(C)(C)C(Cc1ccc(F)cc1C#N)C21C(=O)Nc2ccccc21. The van der Waals surface area contributed by atoms with Crippen molar-refractivity contribution in [2.45, 2.75) is 38.2 Å². The number of hydrogen-bond acceptors (Lipinski definition) is 4. The summed E-state index contributed by atoms with van der Waals surface area (Å²) in [4.78, 5) is 14.0. The van der Waals surface area contributed by atoms with E-state index in [1.165, 1.54) is 12.1 Å². The highest BCUT2D eigenvalue weighted by molar-refractivity contribution is 6.09. The van der Waals surface area contributed by atoms with Crippen molar-refractivity contribution in [3.05, 3.63) is 88.7 Å². The standard InChI is InChI=1S/C28H25FN2O3/c1-4-33-20-11-12-22-24(15-20)34-27(2,3)25(14-17-9-10-19(29)13-18(17)16-30)28(22)21-7-5-6-8-23(21)31-26(28)32/h5-13,15,25H,4,14H2,1-3H3,(H,31,32). The van der Waals surface area contributed by atoms with Crippen LogP contribution >= 0.6 is 0 Å². The molecule has 1 spiro atoms. The molecule has 1 amide bonds. The van der Waals surface area contributed by atoms with Gasteiger partial charge in [0.2, 0.25) is 5.91 Å². The molecule has 0 aliphatic carbocycles. The molecular formula is C28H25FN2O3. The Kier molecular flexibility index (Phi) is 5.09. The Labute approximate surface area is 198 Å². The summed E-state index contributed by atoms with van der Waals surface area (Å²) in [6.07, 6.45) is 0.352. The Bertz CT molecular complexity index is 1340. The molecule has 0 saturated heterocycles. The van der Waals surface area contributed by atoms with Gasteiger partial charge in [0, 0.05) is 23.2 Å². The number of carbonyl (C=O) groups is 1. The minimum Gasteiger partial charge on any atom is -0.494 e. The molecule has 172 valence electrons. The average molecular weight is 457 g/mol. The highest BCUT2D eigenvalue weighted by atomic mass is 19.1. The van der Waals surface area contributed by atoms with Gasteiger partial charge in [0.25, 0.3) is 0 Å². The summed E-state index contributed by atoms with van der Waals surface area (Å²) in [5.74, 6) is 0.279. The smallest absolute Gasteiger partial charge is 0.240 e. The zero-order chi connectivity index (χ0) is 24.1. The van der Waals surface area contributed by atoms with Crippen LogP contribution in [0.1, 0.15) is 43.0 Å². The molecule has 3 aromatic carbocycles. The first kappa shape index (κ1) is 22.0. The number of nitriles is 1. The number of nitrogens with zero attached hydrogens (tertiary/aromatic N) is 1. The molecule has 0 saturated carbocycles. The summed E-state index contributed by atoms with van der Waals surface area (Å²) in [5.41, 5.74) is 1.46. The van der Waals surface area contributed by atoms with E-state index in [9.17, 15) is 14.4 Å². The Morgan fingerprint density at radius 3 is 2.68 bits per heavy atom. The van der Waals surface area contributed by atoms with Crippen molar-refractivity contribution >= 4 is 11.6 Å². The third-order valence-corrected chi connectivity index (χ3v) is 7.00. The van der Waals surface area contributed by atoms with E-state index in [0.717, 1.165) is 16.8 Å². The summed E-state index contributed by atoms with van der Waals surface area (Å²) in [5, 5.41) is 12.7. The number of anilines is 1. The molecule has 0 bridgehead atoms. The fourth-order valence-electron chi connectivity index (χ4n) is 5.58. The summed E-state index contributed by atoms with van der Waals surface area (Å²) in [6.45, 7) is 6.34. The van der Waals surface area contributed by atoms with Gasteiger partial charge in [0.05, 0.1) is 18.2 Å². The summed E-state index contributed by atoms with van der Waals surface area (Å²) in [7, 11) is 0. The van der Waals surface area contributed by atoms with Gasteiger partial charge in [-0.3, -0.25) is 4.79 Å². The zero-order valence-corrected chi connectivity index (χ0v) is 19.3. The lowest BCUT2D eigenvalue weighted by Gasteiger charge is -2.50. The second-order valence-electron chi connectivity index (χ2n) is 9.27. The number of halogens is 1. The van der Waals surface area contributed by atoms with Gasteiger partial charge >= 0.3 is 0 Å². The van der Waals surface area contributed by atoms with Crippen LogP contribution < -0.4 is 14.8 Å². The number of ether oxygens (including phenoxy) is 2. The van der Waals surface area contributed by atoms with Crippen molar-refractivity contribution in [2.24, 2.45) is 5.92 Å². The normalized spacial score (nSPS) is 21.7. The number of nitrogens with one attached hydrogen (secondary N) is 1. The van der Waals surface area contributed by atoms with Crippen LogP contribution in [-0.4, -0.2) is 18.1 Å².